The number of rotatable bonds is 13. The smallest absolute Gasteiger partial charge is 0.329 e. The fraction of sp³-hybridized carbons (Fsp3) is 0.538. The van der Waals surface area contributed by atoms with E-state index in [1.807, 2.05) is 30.5 Å². The number of aryl methyl sites for hydroxylation is 1. The molecule has 0 bridgehead atoms. The van der Waals surface area contributed by atoms with Gasteiger partial charge in [-0.15, -0.1) is 0 Å². The molecule has 270 valence electrons. The molecule has 3 aliphatic carbocycles. The Morgan fingerprint density at radius 2 is 1.90 bits per heavy atom. The van der Waals surface area contributed by atoms with Crippen molar-refractivity contribution in [1.82, 2.24) is 4.98 Å². The first-order valence-electron chi connectivity index (χ1n) is 17.9. The summed E-state index contributed by atoms with van der Waals surface area (Å²) in [4.78, 5) is 17.6. The number of pyridine rings is 1. The van der Waals surface area contributed by atoms with Crippen LogP contribution in [-0.2, 0) is 33.2 Å². The van der Waals surface area contributed by atoms with Crippen molar-refractivity contribution in [2.24, 2.45) is 11.8 Å². The van der Waals surface area contributed by atoms with Crippen LogP contribution in [0.3, 0.4) is 0 Å². The summed E-state index contributed by atoms with van der Waals surface area (Å²) in [6, 6.07) is 15.3. The Hall–Kier alpha value is -3.34. The number of carboxylic acids is 1. The van der Waals surface area contributed by atoms with Gasteiger partial charge in [-0.05, 0) is 135 Å². The van der Waals surface area contributed by atoms with E-state index in [9.17, 15) is 22.9 Å². The zero-order valence-corrected chi connectivity index (χ0v) is 30.7. The predicted octanol–water partition coefficient (Wildman–Crippen LogP) is 8.24. The van der Waals surface area contributed by atoms with Crippen LogP contribution in [0.15, 0.2) is 54.7 Å². The predicted molar refractivity (Wildman–Crippen MR) is 195 cm³/mol. The lowest BCUT2D eigenvalue weighted by atomic mass is 9.59. The number of hydrogen-bond acceptors (Lipinski definition) is 7. The second-order valence-corrected chi connectivity index (χ2v) is 17.0. The van der Waals surface area contributed by atoms with E-state index >= 15 is 0 Å². The zero-order chi connectivity index (χ0) is 35.7. The standard InChI is InChI=1S/C39H49ClN2O7S/c1-25(24-48-35-12-18-41-34-9-4-6-26(2)36(34)35)20-29-21-28-10-11-32(49-27(3)13-19-50(45,46)47)23-33(28)38(29)14-16-39(17-15-38,37(43)44)42-31-8-5-7-30(40)22-31/h5,7-8,10-12,18,22-23,25-27,29,42H,4,6,9,13-17,19-21,24H2,1-3H3,(H,43,44)(H,45,46,47)/t25-,26-,27?,29?,38?,39?/m1/s1. The number of ether oxygens (including phenoxy) is 2. The Morgan fingerprint density at radius 1 is 1.12 bits per heavy atom. The molecule has 1 saturated carbocycles. The van der Waals surface area contributed by atoms with Gasteiger partial charge in [-0.2, -0.15) is 8.42 Å². The fourth-order valence-electron chi connectivity index (χ4n) is 8.76. The van der Waals surface area contributed by atoms with Gasteiger partial charge in [0.25, 0.3) is 10.1 Å². The van der Waals surface area contributed by atoms with Crippen LogP contribution in [0.25, 0.3) is 0 Å². The number of anilines is 1. The van der Waals surface area contributed by atoms with Crippen LogP contribution < -0.4 is 14.8 Å². The van der Waals surface area contributed by atoms with Crippen molar-refractivity contribution in [3.8, 4) is 11.5 Å². The first kappa shape index (κ1) is 36.5. The highest BCUT2D eigenvalue weighted by Gasteiger charge is 2.54. The van der Waals surface area contributed by atoms with Crippen molar-refractivity contribution in [2.45, 2.75) is 108 Å². The van der Waals surface area contributed by atoms with Gasteiger partial charge in [0, 0.05) is 34.6 Å². The molecule has 0 saturated heterocycles. The largest absolute Gasteiger partial charge is 0.493 e. The molecule has 1 fully saturated rings. The van der Waals surface area contributed by atoms with Crippen LogP contribution in [0.2, 0.25) is 5.02 Å². The van der Waals surface area contributed by atoms with Crippen LogP contribution in [0.1, 0.15) is 100 Å². The van der Waals surface area contributed by atoms with Crippen LogP contribution >= 0.6 is 11.6 Å². The molecule has 0 amide bonds. The molecule has 2 aromatic carbocycles. The SMILES string of the molecule is CC(CCS(=O)(=O)O)Oc1ccc2c(c1)C1(CCC(Nc3cccc(Cl)c3)(C(=O)O)CC1)C(C[C@@H](C)COc1ccnc3c1[C@H](C)CCC3)C2. The molecule has 0 radical (unpaired) electrons. The minimum Gasteiger partial charge on any atom is -0.493 e. The number of benzene rings is 2. The van der Waals surface area contributed by atoms with Gasteiger partial charge in [0.15, 0.2) is 0 Å². The Morgan fingerprint density at radius 3 is 2.62 bits per heavy atom. The molecule has 50 heavy (non-hydrogen) atoms. The summed E-state index contributed by atoms with van der Waals surface area (Å²) in [5, 5.41) is 14.5. The van der Waals surface area contributed by atoms with Crippen LogP contribution in [0.5, 0.6) is 11.5 Å². The van der Waals surface area contributed by atoms with E-state index < -0.39 is 27.7 Å². The van der Waals surface area contributed by atoms with Gasteiger partial charge in [0.05, 0.1) is 18.5 Å². The Balaban J connectivity index is 1.24. The lowest BCUT2D eigenvalue weighted by Gasteiger charge is -2.47. The van der Waals surface area contributed by atoms with Gasteiger partial charge < -0.3 is 19.9 Å². The Bertz CT molecular complexity index is 1810. The number of halogens is 1. The molecule has 9 nitrogen and oxygen atoms in total. The minimum atomic E-state index is -4.09. The summed E-state index contributed by atoms with van der Waals surface area (Å²) in [6.45, 7) is 6.87. The number of carboxylic acid groups (broad SMARTS) is 1. The van der Waals surface area contributed by atoms with Crippen LogP contribution in [0.4, 0.5) is 5.69 Å². The third-order valence-electron chi connectivity index (χ3n) is 11.4. The second kappa shape index (κ2) is 14.7. The Kier molecular flexibility index (Phi) is 10.7. The maximum Gasteiger partial charge on any atom is 0.329 e. The van der Waals surface area contributed by atoms with Crippen LogP contribution in [-0.4, -0.2) is 53.0 Å². The van der Waals surface area contributed by atoms with Crippen molar-refractivity contribution in [3.05, 3.63) is 82.1 Å². The average molecular weight is 725 g/mol. The van der Waals surface area contributed by atoms with E-state index in [-0.39, 0.29) is 29.4 Å². The van der Waals surface area contributed by atoms with E-state index in [1.54, 1.807) is 19.1 Å². The summed E-state index contributed by atoms with van der Waals surface area (Å²) < 4.78 is 44.6. The summed E-state index contributed by atoms with van der Waals surface area (Å²) in [6.07, 6.45) is 8.90. The lowest BCUT2D eigenvalue weighted by Crippen LogP contribution is -2.53. The van der Waals surface area contributed by atoms with Gasteiger partial charge in [-0.25, -0.2) is 4.79 Å². The number of hydrogen-bond donors (Lipinski definition) is 3. The molecule has 0 aliphatic heterocycles. The molecule has 2 unspecified atom stereocenters. The minimum absolute atomic E-state index is 0.164. The normalized spacial score (nSPS) is 25.7. The van der Waals surface area contributed by atoms with E-state index in [1.165, 1.54) is 16.7 Å². The third kappa shape index (κ3) is 7.92. The highest BCUT2D eigenvalue weighted by Crippen LogP contribution is 2.57. The van der Waals surface area contributed by atoms with E-state index in [0.717, 1.165) is 43.5 Å². The monoisotopic (exact) mass is 724 g/mol. The number of nitrogens with one attached hydrogen (secondary N) is 1. The highest BCUT2D eigenvalue weighted by molar-refractivity contribution is 7.85. The molecule has 3 N–H and O–H groups in total. The number of aromatic nitrogens is 1. The molecular weight excluding hydrogens is 676 g/mol. The number of fused-ring (bicyclic) bond motifs is 3. The molecule has 11 heteroatoms. The topological polar surface area (TPSA) is 135 Å². The van der Waals surface area contributed by atoms with Crippen molar-refractivity contribution in [2.75, 3.05) is 17.7 Å². The molecule has 6 rings (SSSR count). The maximum absolute atomic E-state index is 12.9. The van der Waals surface area contributed by atoms with E-state index in [4.69, 9.17) is 21.1 Å². The molecule has 3 aromatic rings. The van der Waals surface area contributed by atoms with Crippen molar-refractivity contribution in [1.29, 1.82) is 0 Å². The average Bonchev–Trinajstić information content (AvgIpc) is 3.35. The van der Waals surface area contributed by atoms with Gasteiger partial charge in [-0.3, -0.25) is 9.54 Å². The Labute approximate surface area is 300 Å². The molecule has 1 aromatic heterocycles. The van der Waals surface area contributed by atoms with E-state index in [0.29, 0.717) is 54.7 Å². The summed E-state index contributed by atoms with van der Waals surface area (Å²) >= 11 is 6.25. The summed E-state index contributed by atoms with van der Waals surface area (Å²) in [7, 11) is -4.09. The molecular formula is C39H49ClN2O7S. The molecule has 3 aliphatic rings. The van der Waals surface area contributed by atoms with E-state index in [2.05, 4.69) is 36.3 Å². The van der Waals surface area contributed by atoms with Crippen molar-refractivity contribution < 1.29 is 32.3 Å². The summed E-state index contributed by atoms with van der Waals surface area (Å²) in [5.41, 5.74) is 4.12. The zero-order valence-electron chi connectivity index (χ0n) is 29.2. The van der Waals surface area contributed by atoms with Crippen molar-refractivity contribution in [3.63, 3.8) is 0 Å². The van der Waals surface area contributed by atoms with Crippen LogP contribution in [0, 0.1) is 11.8 Å². The van der Waals surface area contributed by atoms with Gasteiger partial charge in [-0.1, -0.05) is 37.6 Å². The van der Waals surface area contributed by atoms with Gasteiger partial charge >= 0.3 is 5.97 Å². The quantitative estimate of drug-likeness (QED) is 0.149. The molecule has 1 heterocycles. The molecule has 4 atom stereocenters. The maximum atomic E-state index is 12.9. The van der Waals surface area contributed by atoms with Gasteiger partial charge in [0.2, 0.25) is 0 Å². The lowest BCUT2D eigenvalue weighted by molar-refractivity contribution is -0.144. The summed E-state index contributed by atoms with van der Waals surface area (Å²) in [5.74, 6) is 1.29. The van der Waals surface area contributed by atoms with Gasteiger partial charge in [0.1, 0.15) is 17.0 Å². The highest BCUT2D eigenvalue weighted by atomic mass is 35.5. The first-order valence-corrected chi connectivity index (χ1v) is 19.9. The number of aliphatic carboxylic acids is 1. The second-order valence-electron chi connectivity index (χ2n) is 15.0. The number of carbonyl (C=O) groups is 1. The first-order chi connectivity index (χ1) is 23.8. The van der Waals surface area contributed by atoms with Crippen molar-refractivity contribution >= 4 is 33.4 Å². The fourth-order valence-corrected chi connectivity index (χ4v) is 9.58. The third-order valence-corrected chi connectivity index (χ3v) is 12.4. The molecule has 1 spiro atoms. The number of nitrogens with zero attached hydrogens (tertiary/aromatic N) is 1.